The molecule has 0 spiro atoms. The van der Waals surface area contributed by atoms with E-state index >= 15 is 0 Å². The van der Waals surface area contributed by atoms with Gasteiger partial charge in [0.1, 0.15) is 5.82 Å². The molecule has 0 radical (unpaired) electrons. The lowest BCUT2D eigenvalue weighted by molar-refractivity contribution is -0.137. The molecule has 1 aliphatic carbocycles. The number of ether oxygens (including phenoxy) is 1. The number of fused-ring (bicyclic) bond motifs is 1. The average Bonchev–Trinajstić information content (AvgIpc) is 3.00. The van der Waals surface area contributed by atoms with Crippen LogP contribution in [0.5, 0.6) is 0 Å². The number of amides is 1. The van der Waals surface area contributed by atoms with E-state index in [0.29, 0.717) is 43.8 Å². The Hall–Kier alpha value is -1.83. The topological polar surface area (TPSA) is 54.5 Å². The van der Waals surface area contributed by atoms with E-state index in [-0.39, 0.29) is 17.9 Å². The Balaban J connectivity index is 1.28. The molecule has 3 unspecified atom stereocenters. The van der Waals surface area contributed by atoms with Crippen LogP contribution >= 0.6 is 0 Å². The second-order valence-electron chi connectivity index (χ2n) is 7.38. The number of pyridine rings is 1. The van der Waals surface area contributed by atoms with E-state index in [1.54, 1.807) is 0 Å². The molecule has 0 bridgehead atoms. The molecule has 3 heterocycles. The van der Waals surface area contributed by atoms with Gasteiger partial charge in [0, 0.05) is 43.8 Å². The van der Waals surface area contributed by atoms with Gasteiger partial charge in [-0.05, 0) is 37.8 Å². The number of carbonyl (C=O) groups excluding carboxylic acids is 1. The number of piperidine rings is 1. The van der Waals surface area contributed by atoms with Crippen molar-refractivity contribution >= 4 is 11.7 Å². The van der Waals surface area contributed by atoms with Gasteiger partial charge in [-0.25, -0.2) is 4.98 Å². The summed E-state index contributed by atoms with van der Waals surface area (Å²) in [4.78, 5) is 18.4. The summed E-state index contributed by atoms with van der Waals surface area (Å²) in [6, 6.07) is 2.69. The fraction of sp³-hybridized carbons (Fsp3) is 0.667. The molecule has 8 heteroatoms. The monoisotopic (exact) mass is 369 g/mol. The fourth-order valence-corrected chi connectivity index (χ4v) is 4.18. The third-order valence-corrected chi connectivity index (χ3v) is 5.86. The van der Waals surface area contributed by atoms with Crippen molar-refractivity contribution < 1.29 is 22.7 Å². The summed E-state index contributed by atoms with van der Waals surface area (Å²) in [5, 5.41) is 3.16. The number of anilines is 1. The van der Waals surface area contributed by atoms with Crippen molar-refractivity contribution in [3.8, 4) is 0 Å². The molecule has 1 saturated carbocycles. The first-order valence-electron chi connectivity index (χ1n) is 9.12. The van der Waals surface area contributed by atoms with Crippen molar-refractivity contribution in [2.45, 2.75) is 44.0 Å². The molecule has 3 aliphatic rings. The van der Waals surface area contributed by atoms with Gasteiger partial charge in [0.05, 0.1) is 11.7 Å². The first-order chi connectivity index (χ1) is 12.4. The molecule has 3 fully saturated rings. The van der Waals surface area contributed by atoms with Crippen LogP contribution in [0.25, 0.3) is 0 Å². The number of alkyl halides is 3. The molecule has 2 saturated heterocycles. The van der Waals surface area contributed by atoms with E-state index in [9.17, 15) is 18.0 Å². The third kappa shape index (κ3) is 3.39. The summed E-state index contributed by atoms with van der Waals surface area (Å²) in [7, 11) is 0. The van der Waals surface area contributed by atoms with E-state index in [4.69, 9.17) is 4.74 Å². The summed E-state index contributed by atoms with van der Waals surface area (Å²) in [6.07, 6.45) is 0.121. The van der Waals surface area contributed by atoms with Crippen molar-refractivity contribution in [1.82, 2.24) is 10.3 Å². The lowest BCUT2D eigenvalue weighted by Crippen LogP contribution is -2.55. The highest BCUT2D eigenvalue weighted by Crippen LogP contribution is 2.39. The van der Waals surface area contributed by atoms with E-state index in [0.717, 1.165) is 31.7 Å². The van der Waals surface area contributed by atoms with Gasteiger partial charge in [0.25, 0.3) is 0 Å². The molecule has 3 atom stereocenters. The molecule has 1 aromatic heterocycles. The van der Waals surface area contributed by atoms with Crippen molar-refractivity contribution in [3.05, 3.63) is 23.9 Å². The van der Waals surface area contributed by atoms with Crippen LogP contribution in [0, 0.1) is 11.8 Å². The third-order valence-electron chi connectivity index (χ3n) is 5.86. The van der Waals surface area contributed by atoms with E-state index in [1.807, 2.05) is 4.90 Å². The standard InChI is InChI=1S/C18H22F3N3O2/c19-18(20,21)12-1-2-16(22-10-12)24-6-3-11(4-7-24)17(25)23-14-9-15-13(14)5-8-26-15/h1-2,10-11,13-15H,3-9H2,(H,23,25). The number of halogens is 3. The van der Waals surface area contributed by atoms with Crippen molar-refractivity contribution in [2.24, 2.45) is 11.8 Å². The summed E-state index contributed by atoms with van der Waals surface area (Å²) in [5.74, 6) is 1.06. The number of nitrogens with one attached hydrogen (secondary N) is 1. The number of hydrogen-bond acceptors (Lipinski definition) is 4. The molecule has 142 valence electrons. The summed E-state index contributed by atoms with van der Waals surface area (Å²) in [6.45, 7) is 2.03. The van der Waals surface area contributed by atoms with Crippen LogP contribution in [0.4, 0.5) is 19.0 Å². The quantitative estimate of drug-likeness (QED) is 0.890. The van der Waals surface area contributed by atoms with Crippen molar-refractivity contribution in [1.29, 1.82) is 0 Å². The lowest BCUT2D eigenvalue weighted by atomic mass is 9.76. The number of nitrogens with zero attached hydrogens (tertiary/aromatic N) is 2. The van der Waals surface area contributed by atoms with E-state index in [2.05, 4.69) is 10.3 Å². The number of rotatable bonds is 3. The maximum atomic E-state index is 12.6. The second-order valence-corrected chi connectivity index (χ2v) is 7.38. The highest BCUT2D eigenvalue weighted by Gasteiger charge is 2.46. The summed E-state index contributed by atoms with van der Waals surface area (Å²) in [5.41, 5.74) is -0.745. The molecule has 0 aromatic carbocycles. The van der Waals surface area contributed by atoms with E-state index in [1.165, 1.54) is 6.07 Å². The SMILES string of the molecule is O=C(NC1CC2OCCC12)C1CCN(c2ccc(C(F)(F)F)cn2)CC1. The highest BCUT2D eigenvalue weighted by atomic mass is 19.4. The Morgan fingerprint density at radius 1 is 1.23 bits per heavy atom. The second kappa shape index (κ2) is 6.72. The summed E-state index contributed by atoms with van der Waals surface area (Å²) < 4.78 is 43.4. The van der Waals surface area contributed by atoms with Crippen LogP contribution in [-0.4, -0.2) is 42.7 Å². The Morgan fingerprint density at radius 2 is 2.00 bits per heavy atom. The fourth-order valence-electron chi connectivity index (χ4n) is 4.18. The minimum Gasteiger partial charge on any atom is -0.378 e. The Kier molecular flexibility index (Phi) is 4.54. The molecule has 1 amide bonds. The number of hydrogen-bond donors (Lipinski definition) is 1. The Morgan fingerprint density at radius 3 is 2.62 bits per heavy atom. The van der Waals surface area contributed by atoms with Gasteiger partial charge in [-0.1, -0.05) is 0 Å². The smallest absolute Gasteiger partial charge is 0.378 e. The van der Waals surface area contributed by atoms with Gasteiger partial charge < -0.3 is 15.0 Å². The van der Waals surface area contributed by atoms with Crippen LogP contribution in [-0.2, 0) is 15.7 Å². The van der Waals surface area contributed by atoms with Crippen LogP contribution in [0.1, 0.15) is 31.2 Å². The van der Waals surface area contributed by atoms with Crippen LogP contribution in [0.15, 0.2) is 18.3 Å². The van der Waals surface area contributed by atoms with Crippen LogP contribution < -0.4 is 10.2 Å². The van der Waals surface area contributed by atoms with Crippen LogP contribution in [0.2, 0.25) is 0 Å². The largest absolute Gasteiger partial charge is 0.417 e. The molecule has 4 rings (SSSR count). The minimum absolute atomic E-state index is 0.0398. The number of carbonyl (C=O) groups is 1. The van der Waals surface area contributed by atoms with Crippen molar-refractivity contribution in [2.75, 3.05) is 24.6 Å². The maximum Gasteiger partial charge on any atom is 0.417 e. The predicted octanol–water partition coefficient (Wildman–Crippen LogP) is 2.61. The normalized spacial score (nSPS) is 29.2. The molecule has 1 aromatic rings. The number of aromatic nitrogens is 1. The van der Waals surface area contributed by atoms with Gasteiger partial charge in [-0.3, -0.25) is 4.79 Å². The lowest BCUT2D eigenvalue weighted by Gasteiger charge is -2.40. The summed E-state index contributed by atoms with van der Waals surface area (Å²) >= 11 is 0. The van der Waals surface area contributed by atoms with Gasteiger partial charge in [-0.2, -0.15) is 13.2 Å². The zero-order chi connectivity index (χ0) is 18.3. The first-order valence-corrected chi connectivity index (χ1v) is 9.12. The molecular formula is C18H22F3N3O2. The predicted molar refractivity (Wildman–Crippen MR) is 88.6 cm³/mol. The minimum atomic E-state index is -4.37. The Bertz CT molecular complexity index is 657. The van der Waals surface area contributed by atoms with Crippen LogP contribution in [0.3, 0.4) is 0 Å². The van der Waals surface area contributed by atoms with Gasteiger partial charge in [0.15, 0.2) is 0 Å². The first kappa shape index (κ1) is 17.6. The molecular weight excluding hydrogens is 347 g/mol. The van der Waals surface area contributed by atoms with E-state index < -0.39 is 11.7 Å². The zero-order valence-electron chi connectivity index (χ0n) is 14.3. The zero-order valence-corrected chi connectivity index (χ0v) is 14.3. The maximum absolute atomic E-state index is 12.6. The van der Waals surface area contributed by atoms with Gasteiger partial charge in [-0.15, -0.1) is 0 Å². The molecule has 1 N–H and O–H groups in total. The molecule has 5 nitrogen and oxygen atoms in total. The molecule has 26 heavy (non-hydrogen) atoms. The molecule has 2 aliphatic heterocycles. The average molecular weight is 369 g/mol. The van der Waals surface area contributed by atoms with Crippen molar-refractivity contribution in [3.63, 3.8) is 0 Å². The Labute approximate surface area is 149 Å². The van der Waals surface area contributed by atoms with Gasteiger partial charge in [0.2, 0.25) is 5.91 Å². The highest BCUT2D eigenvalue weighted by molar-refractivity contribution is 5.79. The van der Waals surface area contributed by atoms with Gasteiger partial charge >= 0.3 is 6.18 Å².